The molecule has 2 aliphatic heterocycles. The van der Waals surface area contributed by atoms with Crippen molar-refractivity contribution in [1.82, 2.24) is 19.9 Å². The van der Waals surface area contributed by atoms with Crippen LogP contribution in [-0.4, -0.2) is 47.2 Å². The maximum absolute atomic E-state index is 11.5. The van der Waals surface area contributed by atoms with Gasteiger partial charge in [0, 0.05) is 51.6 Å². The molecule has 3 aromatic heterocycles. The highest BCUT2D eigenvalue weighted by Gasteiger charge is 2.23. The Kier molecular flexibility index (Phi) is 8.02. The molecule has 9 heteroatoms. The fourth-order valence-corrected chi connectivity index (χ4v) is 5.83. The number of aliphatic hydroxyl groups excluding tert-OH is 1. The zero-order chi connectivity index (χ0) is 31.0. The summed E-state index contributed by atoms with van der Waals surface area (Å²) in [7, 11) is 0. The SMILES string of the molecule is C=Cc1c(C)c2cc3[nH]c(cc4nc(cc5nc(cc1[nH]2)C(C)=C5CCC(=O)O)C(CCC(=O)O)=C4C)c(CO)c3C=C. The minimum Gasteiger partial charge on any atom is -0.481 e. The minimum atomic E-state index is -0.919. The molecule has 5 N–H and O–H groups in total. The highest BCUT2D eigenvalue weighted by atomic mass is 16.4. The Hall–Kier alpha value is -5.02. The van der Waals surface area contributed by atoms with E-state index in [2.05, 4.69) is 23.1 Å². The van der Waals surface area contributed by atoms with E-state index in [9.17, 15) is 24.9 Å². The first-order valence-electron chi connectivity index (χ1n) is 14.0. The number of nitrogens with zero attached hydrogens (tertiary/aromatic N) is 2. The predicted octanol–water partition coefficient (Wildman–Crippen LogP) is 6.99. The van der Waals surface area contributed by atoms with E-state index in [1.165, 1.54) is 0 Å². The summed E-state index contributed by atoms with van der Waals surface area (Å²) in [4.78, 5) is 39.8. The van der Waals surface area contributed by atoms with Crippen molar-refractivity contribution in [2.24, 2.45) is 0 Å². The summed E-state index contributed by atoms with van der Waals surface area (Å²) in [6, 6.07) is 7.59. The second-order valence-corrected chi connectivity index (χ2v) is 10.7. The van der Waals surface area contributed by atoms with Gasteiger partial charge in [-0.2, -0.15) is 0 Å². The Morgan fingerprint density at radius 3 is 1.70 bits per heavy atom. The van der Waals surface area contributed by atoms with Gasteiger partial charge in [0.25, 0.3) is 0 Å². The zero-order valence-electron chi connectivity index (χ0n) is 24.5. The Morgan fingerprint density at radius 1 is 0.721 bits per heavy atom. The number of H-pyrrole nitrogens is 2. The van der Waals surface area contributed by atoms with Gasteiger partial charge in [0.1, 0.15) is 0 Å². The third-order valence-corrected chi connectivity index (χ3v) is 8.22. The van der Waals surface area contributed by atoms with Crippen LogP contribution >= 0.6 is 0 Å². The summed E-state index contributed by atoms with van der Waals surface area (Å²) in [6.07, 6.45) is 3.90. The highest BCUT2D eigenvalue weighted by Crippen LogP contribution is 2.38. The van der Waals surface area contributed by atoms with Gasteiger partial charge in [-0.25, -0.2) is 9.97 Å². The van der Waals surface area contributed by atoms with Crippen LogP contribution < -0.4 is 0 Å². The summed E-state index contributed by atoms with van der Waals surface area (Å²) >= 11 is 0. The molecule has 3 aromatic rings. The predicted molar refractivity (Wildman–Crippen MR) is 171 cm³/mol. The zero-order valence-corrected chi connectivity index (χ0v) is 24.5. The maximum atomic E-state index is 11.5. The third kappa shape index (κ3) is 5.47. The van der Waals surface area contributed by atoms with Crippen molar-refractivity contribution in [3.8, 4) is 0 Å². The van der Waals surface area contributed by atoms with Crippen LogP contribution in [0, 0.1) is 6.92 Å². The summed E-state index contributed by atoms with van der Waals surface area (Å²) in [5.41, 5.74) is 12.1. The number of rotatable bonds is 9. The van der Waals surface area contributed by atoms with Gasteiger partial charge < -0.3 is 25.3 Å². The number of carboxylic acid groups (broad SMARTS) is 2. The average Bonchev–Trinajstić information content (AvgIpc) is 3.63. The van der Waals surface area contributed by atoms with Gasteiger partial charge >= 0.3 is 11.9 Å². The number of aliphatic carboxylic acids is 2. The molecule has 0 spiro atoms. The maximum Gasteiger partial charge on any atom is 0.303 e. The molecule has 0 radical (unpaired) electrons. The Balaban J connectivity index is 1.95. The molecule has 2 aliphatic rings. The van der Waals surface area contributed by atoms with Crippen molar-refractivity contribution in [2.75, 3.05) is 0 Å². The molecule has 0 aliphatic carbocycles. The number of aromatic amines is 2. The first-order chi connectivity index (χ1) is 20.6. The molecule has 5 heterocycles. The smallest absolute Gasteiger partial charge is 0.303 e. The number of aryl methyl sites for hydroxylation is 1. The third-order valence-electron chi connectivity index (χ3n) is 8.22. The number of hydrogen-bond acceptors (Lipinski definition) is 5. The largest absolute Gasteiger partial charge is 0.481 e. The highest BCUT2D eigenvalue weighted by molar-refractivity contribution is 5.97. The summed E-state index contributed by atoms with van der Waals surface area (Å²) in [6.45, 7) is 13.6. The lowest BCUT2D eigenvalue weighted by Gasteiger charge is -2.05. The molecule has 8 bridgehead atoms. The van der Waals surface area contributed by atoms with E-state index in [4.69, 9.17) is 9.97 Å². The van der Waals surface area contributed by atoms with Crippen LogP contribution in [0.3, 0.4) is 0 Å². The van der Waals surface area contributed by atoms with E-state index < -0.39 is 11.9 Å². The lowest BCUT2D eigenvalue weighted by atomic mass is 9.98. The Morgan fingerprint density at radius 2 is 1.21 bits per heavy atom. The van der Waals surface area contributed by atoms with Crippen LogP contribution in [0.5, 0.6) is 0 Å². The number of allylic oxidation sites excluding steroid dienone is 4. The average molecular weight is 579 g/mol. The molecule has 43 heavy (non-hydrogen) atoms. The lowest BCUT2D eigenvalue weighted by Crippen LogP contribution is -1.97. The topological polar surface area (TPSA) is 152 Å². The monoisotopic (exact) mass is 578 g/mol. The van der Waals surface area contributed by atoms with E-state index in [1.807, 2.05) is 45.0 Å². The normalized spacial score (nSPS) is 13.0. The van der Waals surface area contributed by atoms with E-state index >= 15 is 0 Å². The van der Waals surface area contributed by atoms with Gasteiger partial charge in [-0.1, -0.05) is 25.3 Å². The van der Waals surface area contributed by atoms with Gasteiger partial charge in [-0.05, 0) is 85.7 Å². The minimum absolute atomic E-state index is 0.0612. The van der Waals surface area contributed by atoms with Gasteiger partial charge in [-0.15, -0.1) is 0 Å². The van der Waals surface area contributed by atoms with Gasteiger partial charge in [-0.3, -0.25) is 9.59 Å². The molecular formula is C34H34N4O5. The fraction of sp³-hybridized carbons (Fsp3) is 0.235. The number of hydrogen-bond donors (Lipinski definition) is 5. The number of aliphatic hydroxyl groups is 1. The van der Waals surface area contributed by atoms with Crippen molar-refractivity contribution in [3.05, 3.63) is 82.5 Å². The quantitative estimate of drug-likeness (QED) is 0.183. The second-order valence-electron chi connectivity index (χ2n) is 10.7. The molecular weight excluding hydrogens is 544 g/mol. The van der Waals surface area contributed by atoms with Gasteiger partial charge in [0.2, 0.25) is 0 Å². The van der Waals surface area contributed by atoms with Gasteiger partial charge in [0.05, 0.1) is 29.4 Å². The molecule has 0 fully saturated rings. The molecule has 0 unspecified atom stereocenters. The number of carbonyl (C=O) groups is 2. The van der Waals surface area contributed by atoms with Crippen molar-refractivity contribution < 1.29 is 24.9 Å². The van der Waals surface area contributed by atoms with Crippen molar-refractivity contribution in [2.45, 2.75) is 53.1 Å². The van der Waals surface area contributed by atoms with Crippen molar-refractivity contribution >= 4 is 68.4 Å². The second kappa shape index (κ2) is 11.7. The molecule has 220 valence electrons. The number of fused-ring (bicyclic) bond motifs is 8. The lowest BCUT2D eigenvalue weighted by molar-refractivity contribution is -0.137. The molecule has 5 rings (SSSR count). The standard InChI is InChI=1S/C34H34N4O5/c1-6-20-17(3)25-13-29-21(7-2)24(16-39)32(38-29)14-27-19(5)23(9-11-34(42)43)31(37-27)15-30-22(8-10-33(40)41)18(4)26(36-30)12-28(20)35-25/h6-7,12-15,35,38-39H,1-2,8-11,16H2,3-5H3,(H,40,41)(H,42,43). The van der Waals surface area contributed by atoms with Crippen LogP contribution in [0.4, 0.5) is 0 Å². The summed E-state index contributed by atoms with van der Waals surface area (Å²) < 4.78 is 0. The molecule has 0 saturated heterocycles. The van der Waals surface area contributed by atoms with Crippen LogP contribution in [0.15, 0.2) is 37.4 Å². The van der Waals surface area contributed by atoms with E-state index in [0.29, 0.717) is 33.9 Å². The molecule has 0 saturated carbocycles. The van der Waals surface area contributed by atoms with Crippen LogP contribution in [0.25, 0.3) is 56.5 Å². The van der Waals surface area contributed by atoms with Gasteiger partial charge in [0.15, 0.2) is 0 Å². The fourth-order valence-electron chi connectivity index (χ4n) is 5.83. The van der Waals surface area contributed by atoms with Crippen LogP contribution in [-0.2, 0) is 16.2 Å². The molecule has 0 atom stereocenters. The Bertz CT molecular complexity index is 1940. The van der Waals surface area contributed by atoms with Crippen LogP contribution in [0.2, 0.25) is 0 Å². The van der Waals surface area contributed by atoms with Crippen molar-refractivity contribution in [3.63, 3.8) is 0 Å². The number of carboxylic acids is 2. The number of nitrogens with one attached hydrogen (secondary N) is 2. The van der Waals surface area contributed by atoms with E-state index in [-0.39, 0.29) is 32.3 Å². The first kappa shape index (κ1) is 29.5. The number of aromatic nitrogens is 4. The van der Waals surface area contributed by atoms with E-state index in [0.717, 1.165) is 55.5 Å². The molecule has 0 aromatic carbocycles. The Labute approximate surface area is 248 Å². The summed E-state index contributed by atoms with van der Waals surface area (Å²) in [5.74, 6) is -1.83. The molecule has 9 nitrogen and oxygen atoms in total. The van der Waals surface area contributed by atoms with Crippen LogP contribution in [0.1, 0.15) is 84.6 Å². The molecule has 0 amide bonds. The van der Waals surface area contributed by atoms with Crippen molar-refractivity contribution in [1.29, 1.82) is 0 Å². The van der Waals surface area contributed by atoms with E-state index in [1.54, 1.807) is 12.2 Å². The summed E-state index contributed by atoms with van der Waals surface area (Å²) in [5, 5.41) is 29.3. The first-order valence-corrected chi connectivity index (χ1v) is 14.0.